The van der Waals surface area contributed by atoms with Crippen LogP contribution in [0.15, 0.2) is 121 Å². The molecule has 201 valence electrons. The Morgan fingerprint density at radius 1 is 0.270 bits per heavy atom. The van der Waals surface area contributed by atoms with Gasteiger partial charge in [0, 0.05) is 16.8 Å². The van der Waals surface area contributed by atoms with Crippen molar-refractivity contribution in [2.24, 2.45) is 0 Å². The zero-order chi connectivity index (χ0) is 26.8. The van der Waals surface area contributed by atoms with Crippen LogP contribution in [0.1, 0.15) is 0 Å². The van der Waals surface area contributed by atoms with Crippen molar-refractivity contribution in [2.75, 3.05) is 53.3 Å². The van der Waals surface area contributed by atoms with Crippen molar-refractivity contribution in [3.63, 3.8) is 0 Å². The minimum atomic E-state index is 0. The van der Waals surface area contributed by atoms with Crippen LogP contribution in [0.5, 0.6) is 0 Å². The van der Waals surface area contributed by atoms with E-state index in [4.69, 9.17) is 0 Å². The number of hydrogen-bond acceptors (Lipinski definition) is 0. The minimum Gasteiger partial charge on any atom is -0.0817 e. The molecule has 1 radical (unpaired) electrons. The Balaban J connectivity index is 0.000000463. The van der Waals surface area contributed by atoms with Crippen LogP contribution >= 0.6 is 31.7 Å². The van der Waals surface area contributed by atoms with Gasteiger partial charge in [0.2, 0.25) is 0 Å². The Labute approximate surface area is 243 Å². The van der Waals surface area contributed by atoms with E-state index in [9.17, 15) is 0 Å². The fourth-order valence-electron chi connectivity index (χ4n) is 2.90. The summed E-state index contributed by atoms with van der Waals surface area (Å²) in [6.45, 7) is 18.1. The Morgan fingerprint density at radius 3 is 0.486 bits per heavy atom. The molecule has 0 heterocycles. The summed E-state index contributed by atoms with van der Waals surface area (Å²) >= 11 is 0. The molecule has 0 bridgehead atoms. The maximum absolute atomic E-state index is 2.27. The molecule has 4 aromatic carbocycles. The SMILES string of the molecule is CP(C)c1ccccc1.CP(C)c1ccccc1.CP(C)c1ccccc1.CP(C)c1ccccc1.[Co]. The molecule has 0 aromatic heterocycles. The predicted molar refractivity (Wildman–Crippen MR) is 179 cm³/mol. The molecule has 0 N–H and O–H groups in total. The van der Waals surface area contributed by atoms with E-state index in [1.807, 2.05) is 0 Å². The molecule has 4 rings (SSSR count). The van der Waals surface area contributed by atoms with Crippen LogP contribution in [0.2, 0.25) is 0 Å². The fourth-order valence-corrected chi connectivity index (χ4v) is 5.98. The van der Waals surface area contributed by atoms with Gasteiger partial charge in [-0.3, -0.25) is 0 Å². The van der Waals surface area contributed by atoms with Gasteiger partial charge >= 0.3 is 0 Å². The van der Waals surface area contributed by atoms with Crippen molar-refractivity contribution in [3.8, 4) is 0 Å². The Morgan fingerprint density at radius 2 is 0.405 bits per heavy atom. The second-order valence-corrected chi connectivity index (χ2v) is 18.1. The molecule has 4 aromatic rings. The van der Waals surface area contributed by atoms with E-state index in [0.29, 0.717) is 0 Å². The topological polar surface area (TPSA) is 0 Å². The Hall–Kier alpha value is -0.894. The molecule has 0 amide bonds. The molecular formula is C32H44CoP4. The summed E-state index contributed by atoms with van der Waals surface area (Å²) in [6.07, 6.45) is 0. The van der Waals surface area contributed by atoms with E-state index in [2.05, 4.69) is 175 Å². The van der Waals surface area contributed by atoms with Crippen molar-refractivity contribution < 1.29 is 16.8 Å². The second-order valence-electron chi connectivity index (χ2n) is 8.92. The first-order valence-corrected chi connectivity index (χ1v) is 21.1. The first-order chi connectivity index (χ1) is 17.2. The van der Waals surface area contributed by atoms with Gasteiger partial charge in [0.05, 0.1) is 0 Å². The van der Waals surface area contributed by atoms with Crippen molar-refractivity contribution in [1.29, 1.82) is 0 Å². The quantitative estimate of drug-likeness (QED) is 0.204. The first-order valence-electron chi connectivity index (χ1n) is 12.1. The van der Waals surface area contributed by atoms with Gasteiger partial charge in [-0.15, -0.1) is 0 Å². The average molecular weight is 612 g/mol. The maximum Gasteiger partial charge on any atom is 0 e. The van der Waals surface area contributed by atoms with Crippen LogP contribution < -0.4 is 21.2 Å². The molecule has 0 atom stereocenters. The largest absolute Gasteiger partial charge is 0.0817 e. The van der Waals surface area contributed by atoms with E-state index in [0.717, 1.165) is 0 Å². The first kappa shape index (κ1) is 36.1. The number of benzene rings is 4. The van der Waals surface area contributed by atoms with Gasteiger partial charge in [-0.2, -0.15) is 0 Å². The van der Waals surface area contributed by atoms with Crippen LogP contribution in [0.25, 0.3) is 0 Å². The third-order valence-electron chi connectivity index (χ3n) is 5.09. The monoisotopic (exact) mass is 611 g/mol. The molecule has 0 fully saturated rings. The van der Waals surface area contributed by atoms with Gasteiger partial charge in [0.1, 0.15) is 0 Å². The van der Waals surface area contributed by atoms with Crippen LogP contribution in [-0.2, 0) is 16.8 Å². The van der Waals surface area contributed by atoms with Gasteiger partial charge < -0.3 is 0 Å². The number of rotatable bonds is 4. The van der Waals surface area contributed by atoms with Crippen molar-refractivity contribution >= 4 is 52.9 Å². The van der Waals surface area contributed by atoms with Gasteiger partial charge in [-0.25, -0.2) is 0 Å². The molecule has 0 aliphatic heterocycles. The predicted octanol–water partition coefficient (Wildman–Crippen LogP) is 8.21. The molecule has 0 nitrogen and oxygen atoms in total. The number of hydrogen-bond donors (Lipinski definition) is 0. The summed E-state index contributed by atoms with van der Waals surface area (Å²) in [6, 6.07) is 42.5. The van der Waals surface area contributed by atoms with Crippen molar-refractivity contribution in [3.05, 3.63) is 121 Å². The van der Waals surface area contributed by atoms with Gasteiger partial charge in [0.15, 0.2) is 0 Å². The molecular weight excluding hydrogens is 567 g/mol. The molecule has 0 unspecified atom stereocenters. The zero-order valence-corrected chi connectivity index (χ0v) is 28.3. The van der Waals surface area contributed by atoms with E-state index in [1.54, 1.807) is 0 Å². The minimum absolute atomic E-state index is 0. The second kappa shape index (κ2) is 22.0. The smallest absolute Gasteiger partial charge is 0 e. The van der Waals surface area contributed by atoms with Crippen LogP contribution in [0.3, 0.4) is 0 Å². The molecule has 37 heavy (non-hydrogen) atoms. The zero-order valence-electron chi connectivity index (χ0n) is 23.7. The van der Waals surface area contributed by atoms with Crippen LogP contribution in [0, 0.1) is 0 Å². The van der Waals surface area contributed by atoms with E-state index in [1.165, 1.54) is 21.2 Å². The summed E-state index contributed by atoms with van der Waals surface area (Å²) in [7, 11) is 0.418. The third-order valence-corrected chi connectivity index (χ3v) is 10.4. The Kier molecular flexibility index (Phi) is 21.4. The molecule has 0 saturated carbocycles. The molecule has 5 heteroatoms. The summed E-state index contributed by atoms with van der Waals surface area (Å²) in [5, 5.41) is 5.92. The van der Waals surface area contributed by atoms with Crippen LogP contribution in [-0.4, -0.2) is 53.3 Å². The van der Waals surface area contributed by atoms with E-state index < -0.39 is 0 Å². The van der Waals surface area contributed by atoms with Crippen molar-refractivity contribution in [2.45, 2.75) is 0 Å². The summed E-state index contributed by atoms with van der Waals surface area (Å²) in [5.41, 5.74) is 0. The van der Waals surface area contributed by atoms with Crippen LogP contribution in [0.4, 0.5) is 0 Å². The maximum atomic E-state index is 2.27. The Bertz CT molecular complexity index is 849. The standard InChI is InChI=1S/4C8H11P.Co/c4*1-9(2)8-6-4-3-5-7-8;/h4*3-7H,1-2H3;. The third kappa shape index (κ3) is 17.3. The average Bonchev–Trinajstić information content (AvgIpc) is 2.92. The van der Waals surface area contributed by atoms with E-state index >= 15 is 0 Å². The summed E-state index contributed by atoms with van der Waals surface area (Å²) in [4.78, 5) is 0. The summed E-state index contributed by atoms with van der Waals surface area (Å²) in [5.74, 6) is 0. The van der Waals surface area contributed by atoms with Gasteiger partial charge in [0.25, 0.3) is 0 Å². The normalized spacial score (nSPS) is 9.84. The fraction of sp³-hybridized carbons (Fsp3) is 0.250. The molecule has 0 spiro atoms. The van der Waals surface area contributed by atoms with Gasteiger partial charge in [-0.05, 0) is 74.5 Å². The van der Waals surface area contributed by atoms with Gasteiger partial charge in [-0.1, -0.05) is 153 Å². The van der Waals surface area contributed by atoms with Crippen molar-refractivity contribution in [1.82, 2.24) is 0 Å². The molecule has 0 aliphatic rings. The molecule has 0 saturated heterocycles. The van der Waals surface area contributed by atoms with E-state index in [-0.39, 0.29) is 48.5 Å². The summed E-state index contributed by atoms with van der Waals surface area (Å²) < 4.78 is 0. The molecule has 0 aliphatic carbocycles.